The monoisotopic (exact) mass is 196 g/mol. The molecule has 0 fully saturated rings. The fourth-order valence-corrected chi connectivity index (χ4v) is 1.85. The van der Waals surface area contributed by atoms with Gasteiger partial charge in [0.1, 0.15) is 0 Å². The quantitative estimate of drug-likeness (QED) is 0.752. The van der Waals surface area contributed by atoms with Crippen LogP contribution in [0.5, 0.6) is 0 Å². The van der Waals surface area contributed by atoms with E-state index in [-0.39, 0.29) is 0 Å². The maximum absolute atomic E-state index is 5.54. The van der Waals surface area contributed by atoms with Crippen molar-refractivity contribution in [3.05, 3.63) is 23.9 Å². The maximum atomic E-state index is 5.54. The number of nitrogens with zero attached hydrogens (tertiary/aromatic N) is 1. The van der Waals surface area contributed by atoms with Crippen LogP contribution >= 0.6 is 11.8 Å². The first-order chi connectivity index (χ1) is 6.26. The maximum Gasteiger partial charge on any atom is 0.0965 e. The van der Waals surface area contributed by atoms with Crippen LogP contribution in [0.3, 0.4) is 0 Å². The summed E-state index contributed by atoms with van der Waals surface area (Å²) < 4.78 is 0. The number of aromatic nitrogens is 1. The Morgan fingerprint density at radius 3 is 3.00 bits per heavy atom. The highest BCUT2D eigenvalue weighted by atomic mass is 32.2. The summed E-state index contributed by atoms with van der Waals surface area (Å²) in [5.41, 5.74) is 6.70. The molecule has 72 valence electrons. The molecule has 1 heterocycles. The zero-order valence-electron chi connectivity index (χ0n) is 8.16. The minimum absolute atomic E-state index is 0.594. The van der Waals surface area contributed by atoms with Gasteiger partial charge in [0.05, 0.1) is 5.03 Å². The largest absolute Gasteiger partial charge is 0.326 e. The molecule has 0 aliphatic heterocycles. The van der Waals surface area contributed by atoms with Gasteiger partial charge >= 0.3 is 0 Å². The van der Waals surface area contributed by atoms with E-state index < -0.39 is 0 Å². The van der Waals surface area contributed by atoms with Crippen molar-refractivity contribution in [3.8, 4) is 0 Å². The van der Waals surface area contributed by atoms with Crippen molar-refractivity contribution in [1.29, 1.82) is 0 Å². The highest BCUT2D eigenvalue weighted by Crippen LogP contribution is 2.23. The molecule has 1 aromatic heterocycles. The third-order valence-corrected chi connectivity index (χ3v) is 3.13. The number of nitrogens with two attached hydrogens (primary N) is 1. The third kappa shape index (κ3) is 3.36. The van der Waals surface area contributed by atoms with Gasteiger partial charge in [-0.2, -0.15) is 0 Å². The molecule has 3 heteroatoms. The first-order valence-corrected chi connectivity index (χ1v) is 5.46. The van der Waals surface area contributed by atoms with Crippen LogP contribution in [0.2, 0.25) is 0 Å². The van der Waals surface area contributed by atoms with Crippen LogP contribution in [0.4, 0.5) is 0 Å². The van der Waals surface area contributed by atoms with E-state index in [1.54, 1.807) is 11.8 Å². The lowest BCUT2D eigenvalue weighted by atomic mass is 10.3. The average molecular weight is 196 g/mol. The fraction of sp³-hybridized carbons (Fsp3) is 0.500. The van der Waals surface area contributed by atoms with Gasteiger partial charge in [-0.25, -0.2) is 4.98 Å². The number of rotatable bonds is 4. The lowest BCUT2D eigenvalue weighted by Crippen LogP contribution is -1.98. The number of pyridine rings is 1. The van der Waals surface area contributed by atoms with Crippen LogP contribution < -0.4 is 5.73 Å². The molecule has 0 saturated heterocycles. The Balaban J connectivity index is 2.66. The van der Waals surface area contributed by atoms with Crippen molar-refractivity contribution >= 4 is 11.8 Å². The summed E-state index contributed by atoms with van der Waals surface area (Å²) in [5, 5.41) is 1.71. The molecule has 0 aliphatic rings. The molecule has 2 nitrogen and oxygen atoms in total. The molecule has 0 saturated carbocycles. The molecule has 0 aromatic carbocycles. The Morgan fingerprint density at radius 1 is 1.62 bits per heavy atom. The molecule has 0 aliphatic carbocycles. The van der Waals surface area contributed by atoms with Crippen LogP contribution in [0.1, 0.15) is 25.8 Å². The molecule has 0 amide bonds. The molecule has 0 spiro atoms. The molecule has 1 unspecified atom stereocenters. The SMILES string of the molecule is CCC(C)Sc1cc(CN)ccn1. The zero-order valence-corrected chi connectivity index (χ0v) is 8.97. The van der Waals surface area contributed by atoms with E-state index in [0.29, 0.717) is 11.8 Å². The molecule has 0 bridgehead atoms. The molecular formula is C10H16N2S. The lowest BCUT2D eigenvalue weighted by Gasteiger charge is -2.07. The van der Waals surface area contributed by atoms with Crippen LogP contribution in [-0.2, 0) is 6.54 Å². The molecule has 13 heavy (non-hydrogen) atoms. The van der Waals surface area contributed by atoms with Gasteiger partial charge in [0.2, 0.25) is 0 Å². The van der Waals surface area contributed by atoms with E-state index in [1.807, 2.05) is 12.3 Å². The van der Waals surface area contributed by atoms with E-state index in [0.717, 1.165) is 10.6 Å². The summed E-state index contributed by atoms with van der Waals surface area (Å²) >= 11 is 1.81. The standard InChI is InChI=1S/C10H16N2S/c1-3-8(2)13-10-6-9(7-11)4-5-12-10/h4-6,8H,3,7,11H2,1-2H3. The summed E-state index contributed by atoms with van der Waals surface area (Å²) in [4.78, 5) is 4.28. The van der Waals surface area contributed by atoms with Gasteiger partial charge in [0.25, 0.3) is 0 Å². The average Bonchev–Trinajstić information content (AvgIpc) is 2.18. The normalized spacial score (nSPS) is 12.8. The predicted molar refractivity (Wildman–Crippen MR) is 57.7 cm³/mol. The van der Waals surface area contributed by atoms with E-state index in [2.05, 4.69) is 24.9 Å². The Bertz CT molecular complexity index is 263. The summed E-state index contributed by atoms with van der Waals surface area (Å²) in [6.07, 6.45) is 2.99. The number of thioether (sulfide) groups is 1. The van der Waals surface area contributed by atoms with Crippen molar-refractivity contribution in [2.45, 2.75) is 37.1 Å². The second kappa shape index (κ2) is 5.25. The molecule has 1 atom stereocenters. The Hall–Kier alpha value is -0.540. The smallest absolute Gasteiger partial charge is 0.0965 e. The van der Waals surface area contributed by atoms with Gasteiger partial charge in [-0.3, -0.25) is 0 Å². The van der Waals surface area contributed by atoms with Crippen LogP contribution in [0.15, 0.2) is 23.4 Å². The molecule has 1 aromatic rings. The number of hydrogen-bond acceptors (Lipinski definition) is 3. The van der Waals surface area contributed by atoms with Gasteiger partial charge in [-0.1, -0.05) is 13.8 Å². The summed E-state index contributed by atoms with van der Waals surface area (Å²) in [6, 6.07) is 4.03. The first kappa shape index (κ1) is 10.5. The predicted octanol–water partition coefficient (Wildman–Crippen LogP) is 2.43. The zero-order chi connectivity index (χ0) is 9.68. The second-order valence-electron chi connectivity index (χ2n) is 3.04. The van der Waals surface area contributed by atoms with Crippen molar-refractivity contribution in [1.82, 2.24) is 4.98 Å². The van der Waals surface area contributed by atoms with Crippen LogP contribution in [0.25, 0.3) is 0 Å². The van der Waals surface area contributed by atoms with E-state index >= 15 is 0 Å². The summed E-state index contributed by atoms with van der Waals surface area (Å²) in [5.74, 6) is 0. The lowest BCUT2D eigenvalue weighted by molar-refractivity contribution is 0.899. The van der Waals surface area contributed by atoms with Gasteiger partial charge < -0.3 is 5.73 Å². The van der Waals surface area contributed by atoms with Gasteiger partial charge in [0.15, 0.2) is 0 Å². The van der Waals surface area contributed by atoms with Gasteiger partial charge in [-0.15, -0.1) is 11.8 Å². The molecular weight excluding hydrogens is 180 g/mol. The fourth-order valence-electron chi connectivity index (χ4n) is 0.931. The highest BCUT2D eigenvalue weighted by molar-refractivity contribution is 7.99. The van der Waals surface area contributed by atoms with Crippen molar-refractivity contribution in [3.63, 3.8) is 0 Å². The van der Waals surface area contributed by atoms with Crippen molar-refractivity contribution in [2.75, 3.05) is 0 Å². The van der Waals surface area contributed by atoms with Crippen LogP contribution in [-0.4, -0.2) is 10.2 Å². The van der Waals surface area contributed by atoms with Crippen LogP contribution in [0, 0.1) is 0 Å². The summed E-state index contributed by atoms with van der Waals surface area (Å²) in [6.45, 7) is 4.99. The minimum Gasteiger partial charge on any atom is -0.326 e. The molecule has 1 rings (SSSR count). The van der Waals surface area contributed by atoms with Crippen molar-refractivity contribution < 1.29 is 0 Å². The Morgan fingerprint density at radius 2 is 2.38 bits per heavy atom. The molecule has 2 N–H and O–H groups in total. The first-order valence-electron chi connectivity index (χ1n) is 4.58. The minimum atomic E-state index is 0.594. The third-order valence-electron chi connectivity index (χ3n) is 1.93. The van der Waals surface area contributed by atoms with E-state index in [1.165, 1.54) is 6.42 Å². The Labute approximate surface area is 83.9 Å². The Kier molecular flexibility index (Phi) is 4.25. The topological polar surface area (TPSA) is 38.9 Å². The van der Waals surface area contributed by atoms with Gasteiger partial charge in [-0.05, 0) is 24.1 Å². The van der Waals surface area contributed by atoms with Gasteiger partial charge in [0, 0.05) is 18.0 Å². The van der Waals surface area contributed by atoms with E-state index in [4.69, 9.17) is 5.73 Å². The number of hydrogen-bond donors (Lipinski definition) is 1. The highest BCUT2D eigenvalue weighted by Gasteiger charge is 2.02. The van der Waals surface area contributed by atoms with E-state index in [9.17, 15) is 0 Å². The summed E-state index contributed by atoms with van der Waals surface area (Å²) in [7, 11) is 0. The second-order valence-corrected chi connectivity index (χ2v) is 4.50. The van der Waals surface area contributed by atoms with Crippen molar-refractivity contribution in [2.24, 2.45) is 5.73 Å². The molecule has 0 radical (unpaired) electrons.